The summed E-state index contributed by atoms with van der Waals surface area (Å²) in [5, 5.41) is 5.52. The van der Waals surface area contributed by atoms with Crippen molar-refractivity contribution >= 4 is 23.2 Å². The fourth-order valence-electron chi connectivity index (χ4n) is 1.98. The first-order valence-corrected chi connectivity index (χ1v) is 7.46. The second kappa shape index (κ2) is 7.98. The monoisotopic (exact) mass is 312 g/mol. The predicted octanol–water partition coefficient (Wildman–Crippen LogP) is 3.36. The molecule has 0 atom stereocenters. The van der Waals surface area contributed by atoms with Crippen molar-refractivity contribution in [1.29, 1.82) is 0 Å². The number of hydrogen-bond donors (Lipinski definition) is 2. The molecule has 0 aliphatic rings. The number of nitrogens with one attached hydrogen (secondary N) is 2. The summed E-state index contributed by atoms with van der Waals surface area (Å²) in [6.07, 6.45) is 0.407. The second-order valence-electron chi connectivity index (χ2n) is 5.14. The van der Waals surface area contributed by atoms with E-state index in [1.165, 1.54) is 0 Å². The van der Waals surface area contributed by atoms with Crippen LogP contribution in [0.25, 0.3) is 0 Å². The standard InChI is InChI=1S/C18H20N2O3/c1-3-17(21)19-15-8-5-9-16(11-15)23-12-18(22)20-14-7-4-6-13(2)10-14/h4-11H,3,12H2,1-2H3,(H,19,21)(H,20,22). The largest absolute Gasteiger partial charge is 0.484 e. The molecule has 23 heavy (non-hydrogen) atoms. The van der Waals surface area contributed by atoms with E-state index >= 15 is 0 Å². The van der Waals surface area contributed by atoms with Crippen molar-refractivity contribution < 1.29 is 14.3 Å². The molecule has 0 saturated carbocycles. The molecule has 5 nitrogen and oxygen atoms in total. The van der Waals surface area contributed by atoms with E-state index in [9.17, 15) is 9.59 Å². The van der Waals surface area contributed by atoms with Crippen molar-refractivity contribution in [2.24, 2.45) is 0 Å². The summed E-state index contributed by atoms with van der Waals surface area (Å²) in [5.41, 5.74) is 2.46. The predicted molar refractivity (Wildman–Crippen MR) is 90.7 cm³/mol. The van der Waals surface area contributed by atoms with Gasteiger partial charge in [0.05, 0.1) is 0 Å². The number of aryl methyl sites for hydroxylation is 1. The van der Waals surface area contributed by atoms with Gasteiger partial charge >= 0.3 is 0 Å². The van der Waals surface area contributed by atoms with E-state index in [-0.39, 0.29) is 18.4 Å². The minimum Gasteiger partial charge on any atom is -0.484 e. The van der Waals surface area contributed by atoms with Crippen LogP contribution in [0.15, 0.2) is 48.5 Å². The Morgan fingerprint density at radius 1 is 0.957 bits per heavy atom. The molecule has 0 aliphatic carbocycles. The molecule has 120 valence electrons. The van der Waals surface area contributed by atoms with Crippen LogP contribution in [-0.2, 0) is 9.59 Å². The number of amides is 2. The van der Waals surface area contributed by atoms with Crippen LogP contribution in [0.4, 0.5) is 11.4 Å². The molecule has 2 amide bonds. The van der Waals surface area contributed by atoms with Gasteiger partial charge in [0, 0.05) is 23.9 Å². The number of carbonyl (C=O) groups is 2. The van der Waals surface area contributed by atoms with E-state index in [0.29, 0.717) is 17.9 Å². The minimum atomic E-state index is -0.237. The zero-order valence-corrected chi connectivity index (χ0v) is 13.3. The molecule has 0 heterocycles. The Hall–Kier alpha value is -2.82. The van der Waals surface area contributed by atoms with Gasteiger partial charge in [0.2, 0.25) is 5.91 Å². The first-order valence-electron chi connectivity index (χ1n) is 7.46. The lowest BCUT2D eigenvalue weighted by Gasteiger charge is -2.09. The zero-order chi connectivity index (χ0) is 16.7. The Morgan fingerprint density at radius 3 is 2.30 bits per heavy atom. The normalized spacial score (nSPS) is 10.0. The van der Waals surface area contributed by atoms with Gasteiger partial charge in [-0.2, -0.15) is 0 Å². The van der Waals surface area contributed by atoms with Crippen LogP contribution in [0.2, 0.25) is 0 Å². The maximum Gasteiger partial charge on any atom is 0.262 e. The van der Waals surface area contributed by atoms with E-state index in [4.69, 9.17) is 4.74 Å². The highest BCUT2D eigenvalue weighted by molar-refractivity contribution is 5.92. The highest BCUT2D eigenvalue weighted by Gasteiger charge is 2.05. The van der Waals surface area contributed by atoms with E-state index in [0.717, 1.165) is 11.3 Å². The number of carbonyl (C=O) groups excluding carboxylic acids is 2. The molecular formula is C18H20N2O3. The highest BCUT2D eigenvalue weighted by Crippen LogP contribution is 2.17. The van der Waals surface area contributed by atoms with E-state index in [1.54, 1.807) is 31.2 Å². The average molecular weight is 312 g/mol. The molecule has 2 aromatic carbocycles. The van der Waals surface area contributed by atoms with Gasteiger partial charge in [-0.1, -0.05) is 25.1 Å². The molecule has 0 aromatic heterocycles. The average Bonchev–Trinajstić information content (AvgIpc) is 2.53. The van der Waals surface area contributed by atoms with E-state index < -0.39 is 0 Å². The Balaban J connectivity index is 1.89. The Kier molecular flexibility index (Phi) is 5.74. The third-order valence-corrected chi connectivity index (χ3v) is 3.11. The summed E-state index contributed by atoms with van der Waals surface area (Å²) in [6.45, 7) is 3.65. The summed E-state index contributed by atoms with van der Waals surface area (Å²) >= 11 is 0. The summed E-state index contributed by atoms with van der Waals surface area (Å²) < 4.78 is 5.46. The molecule has 0 saturated heterocycles. The summed E-state index contributed by atoms with van der Waals surface area (Å²) in [5.74, 6) is 0.219. The van der Waals surface area contributed by atoms with Crippen LogP contribution in [0.1, 0.15) is 18.9 Å². The lowest BCUT2D eigenvalue weighted by Crippen LogP contribution is -2.20. The van der Waals surface area contributed by atoms with Gasteiger partial charge in [0.1, 0.15) is 5.75 Å². The number of benzene rings is 2. The Bertz CT molecular complexity index is 698. The van der Waals surface area contributed by atoms with Gasteiger partial charge in [-0.3, -0.25) is 9.59 Å². The van der Waals surface area contributed by atoms with Crippen molar-refractivity contribution in [2.45, 2.75) is 20.3 Å². The van der Waals surface area contributed by atoms with Crippen molar-refractivity contribution in [1.82, 2.24) is 0 Å². The maximum absolute atomic E-state index is 11.9. The van der Waals surface area contributed by atoms with E-state index in [2.05, 4.69) is 10.6 Å². The van der Waals surface area contributed by atoms with Crippen LogP contribution >= 0.6 is 0 Å². The fraction of sp³-hybridized carbons (Fsp3) is 0.222. The maximum atomic E-state index is 11.9. The highest BCUT2D eigenvalue weighted by atomic mass is 16.5. The summed E-state index contributed by atoms with van der Waals surface area (Å²) in [7, 11) is 0. The van der Waals surface area contributed by atoms with Crippen LogP contribution in [0, 0.1) is 6.92 Å². The first kappa shape index (κ1) is 16.5. The molecule has 0 spiro atoms. The first-order chi connectivity index (χ1) is 11.1. The smallest absolute Gasteiger partial charge is 0.262 e. The molecule has 2 aromatic rings. The molecule has 2 N–H and O–H groups in total. The molecule has 0 aliphatic heterocycles. The second-order valence-corrected chi connectivity index (χ2v) is 5.14. The third kappa shape index (κ3) is 5.47. The Labute approximate surface area is 135 Å². The van der Waals surface area contributed by atoms with Gasteiger partial charge in [-0.15, -0.1) is 0 Å². The summed E-state index contributed by atoms with van der Waals surface area (Å²) in [6, 6.07) is 14.5. The number of anilines is 2. The number of rotatable bonds is 6. The van der Waals surface area contributed by atoms with Gasteiger partial charge in [0.25, 0.3) is 5.91 Å². The fourth-order valence-corrected chi connectivity index (χ4v) is 1.98. The quantitative estimate of drug-likeness (QED) is 0.859. The minimum absolute atomic E-state index is 0.0701. The van der Waals surface area contributed by atoms with Crippen molar-refractivity contribution in [2.75, 3.05) is 17.2 Å². The molecule has 0 bridgehead atoms. The van der Waals surface area contributed by atoms with Gasteiger partial charge in [-0.05, 0) is 36.8 Å². The molecule has 5 heteroatoms. The van der Waals surface area contributed by atoms with Crippen LogP contribution in [0.5, 0.6) is 5.75 Å². The van der Waals surface area contributed by atoms with E-state index in [1.807, 2.05) is 31.2 Å². The number of hydrogen-bond acceptors (Lipinski definition) is 3. The third-order valence-electron chi connectivity index (χ3n) is 3.11. The van der Waals surface area contributed by atoms with Crippen LogP contribution in [0.3, 0.4) is 0 Å². The SMILES string of the molecule is CCC(=O)Nc1cccc(OCC(=O)Nc2cccc(C)c2)c1. The molecular weight excluding hydrogens is 292 g/mol. The zero-order valence-electron chi connectivity index (χ0n) is 13.3. The van der Waals surface area contributed by atoms with Crippen molar-refractivity contribution in [3.63, 3.8) is 0 Å². The van der Waals surface area contributed by atoms with Crippen LogP contribution in [-0.4, -0.2) is 18.4 Å². The molecule has 0 fully saturated rings. The van der Waals surface area contributed by atoms with Gasteiger partial charge in [0.15, 0.2) is 6.61 Å². The molecule has 0 unspecified atom stereocenters. The topological polar surface area (TPSA) is 67.4 Å². The number of ether oxygens (including phenoxy) is 1. The van der Waals surface area contributed by atoms with Gasteiger partial charge < -0.3 is 15.4 Å². The van der Waals surface area contributed by atoms with Crippen molar-refractivity contribution in [3.05, 3.63) is 54.1 Å². The lowest BCUT2D eigenvalue weighted by molar-refractivity contribution is -0.118. The lowest BCUT2D eigenvalue weighted by atomic mass is 10.2. The summed E-state index contributed by atoms with van der Waals surface area (Å²) in [4.78, 5) is 23.3. The van der Waals surface area contributed by atoms with Crippen molar-refractivity contribution in [3.8, 4) is 5.75 Å². The van der Waals surface area contributed by atoms with Gasteiger partial charge in [-0.25, -0.2) is 0 Å². The van der Waals surface area contributed by atoms with Crippen LogP contribution < -0.4 is 15.4 Å². The Morgan fingerprint density at radius 2 is 1.61 bits per heavy atom. The molecule has 2 rings (SSSR count). The molecule has 0 radical (unpaired) electrons.